The Morgan fingerprint density at radius 2 is 2.16 bits per heavy atom. The van der Waals surface area contributed by atoms with Crippen LogP contribution in [0.4, 0.5) is 0 Å². The molecule has 0 aliphatic carbocycles. The number of hydrogen-bond acceptors (Lipinski definition) is 3. The van der Waals surface area contributed by atoms with Crippen LogP contribution in [0.5, 0.6) is 0 Å². The predicted octanol–water partition coefficient (Wildman–Crippen LogP) is 4.34. The van der Waals surface area contributed by atoms with E-state index in [9.17, 15) is 5.11 Å². The van der Waals surface area contributed by atoms with E-state index in [1.807, 2.05) is 42.6 Å². The highest BCUT2D eigenvalue weighted by Crippen LogP contribution is 2.36. The summed E-state index contributed by atoms with van der Waals surface area (Å²) in [6.07, 6.45) is 1.08. The highest BCUT2D eigenvalue weighted by atomic mass is 35.5. The molecular formula is C15H12ClNOS. The number of thiophene rings is 1. The van der Waals surface area contributed by atoms with Gasteiger partial charge < -0.3 is 5.11 Å². The van der Waals surface area contributed by atoms with Gasteiger partial charge in [-0.05, 0) is 41.6 Å². The fraction of sp³-hybridized carbons (Fsp3) is 0.133. The van der Waals surface area contributed by atoms with E-state index in [2.05, 4.69) is 4.98 Å². The van der Waals surface area contributed by atoms with Crippen LogP contribution in [0.3, 0.4) is 0 Å². The maximum Gasteiger partial charge on any atom is 0.115 e. The number of pyridine rings is 1. The van der Waals surface area contributed by atoms with Gasteiger partial charge in [0.2, 0.25) is 0 Å². The first-order chi connectivity index (χ1) is 9.16. The molecule has 1 N–H and O–H groups in total. The molecule has 2 nitrogen and oxygen atoms in total. The molecule has 3 aromatic rings. The van der Waals surface area contributed by atoms with E-state index in [1.54, 1.807) is 6.20 Å². The molecule has 19 heavy (non-hydrogen) atoms. The van der Waals surface area contributed by atoms with E-state index in [0.717, 1.165) is 26.9 Å². The molecule has 0 aliphatic heterocycles. The SMILES string of the molecule is Cc1csc(C(O)c2ccc3ncccc3c2)c1Cl. The lowest BCUT2D eigenvalue weighted by Gasteiger charge is -2.11. The number of nitrogens with zero attached hydrogens (tertiary/aromatic N) is 1. The number of rotatable bonds is 2. The Hall–Kier alpha value is -1.42. The maximum atomic E-state index is 10.5. The molecule has 4 heteroatoms. The Labute approximate surface area is 120 Å². The van der Waals surface area contributed by atoms with Crippen LogP contribution in [0.2, 0.25) is 5.02 Å². The van der Waals surface area contributed by atoms with Crippen LogP contribution in [0.1, 0.15) is 22.1 Å². The smallest absolute Gasteiger partial charge is 0.115 e. The quantitative estimate of drug-likeness (QED) is 0.761. The number of aryl methyl sites for hydroxylation is 1. The third-order valence-corrected chi connectivity index (χ3v) is 4.88. The highest BCUT2D eigenvalue weighted by molar-refractivity contribution is 7.10. The van der Waals surface area contributed by atoms with Gasteiger partial charge in [0.15, 0.2) is 0 Å². The van der Waals surface area contributed by atoms with Crippen molar-refractivity contribution in [3.63, 3.8) is 0 Å². The molecule has 96 valence electrons. The molecule has 0 saturated carbocycles. The summed E-state index contributed by atoms with van der Waals surface area (Å²) in [7, 11) is 0. The molecule has 2 heterocycles. The van der Waals surface area contributed by atoms with E-state index in [0.29, 0.717) is 5.02 Å². The van der Waals surface area contributed by atoms with E-state index in [1.165, 1.54) is 11.3 Å². The average molecular weight is 290 g/mol. The molecule has 1 unspecified atom stereocenters. The average Bonchev–Trinajstić information content (AvgIpc) is 2.78. The van der Waals surface area contributed by atoms with Crippen molar-refractivity contribution in [2.45, 2.75) is 13.0 Å². The number of benzene rings is 1. The molecule has 1 atom stereocenters. The Morgan fingerprint density at radius 3 is 2.89 bits per heavy atom. The standard InChI is InChI=1S/C15H12ClNOS/c1-9-8-19-15(13(9)16)14(18)11-4-5-12-10(7-11)3-2-6-17-12/h2-8,14,18H,1H3. The summed E-state index contributed by atoms with van der Waals surface area (Å²) in [6.45, 7) is 1.94. The molecule has 0 radical (unpaired) electrons. The van der Waals surface area contributed by atoms with Crippen molar-refractivity contribution in [2.24, 2.45) is 0 Å². The Morgan fingerprint density at radius 1 is 1.32 bits per heavy atom. The second-order valence-electron chi connectivity index (χ2n) is 4.46. The van der Waals surface area contributed by atoms with Gasteiger partial charge >= 0.3 is 0 Å². The normalized spacial score (nSPS) is 12.8. The van der Waals surface area contributed by atoms with Gasteiger partial charge in [-0.25, -0.2) is 0 Å². The van der Waals surface area contributed by atoms with Gasteiger partial charge in [0.05, 0.1) is 15.4 Å². The summed E-state index contributed by atoms with van der Waals surface area (Å²) in [5, 5.41) is 14.1. The lowest BCUT2D eigenvalue weighted by atomic mass is 10.0. The van der Waals surface area contributed by atoms with Crippen LogP contribution in [0, 0.1) is 6.92 Å². The molecule has 3 rings (SSSR count). The largest absolute Gasteiger partial charge is 0.383 e. The summed E-state index contributed by atoms with van der Waals surface area (Å²) in [5.74, 6) is 0. The van der Waals surface area contributed by atoms with E-state index >= 15 is 0 Å². The van der Waals surface area contributed by atoms with E-state index in [4.69, 9.17) is 11.6 Å². The fourth-order valence-corrected chi connectivity index (χ4v) is 3.36. The van der Waals surface area contributed by atoms with Crippen molar-refractivity contribution in [3.05, 3.63) is 62.9 Å². The minimum absolute atomic E-state index is 0.656. The third-order valence-electron chi connectivity index (χ3n) is 3.12. The summed E-state index contributed by atoms with van der Waals surface area (Å²) < 4.78 is 0. The van der Waals surface area contributed by atoms with Gasteiger partial charge in [0, 0.05) is 11.6 Å². The number of aliphatic hydroxyl groups is 1. The number of aliphatic hydroxyl groups excluding tert-OH is 1. The summed E-state index contributed by atoms with van der Waals surface area (Å²) in [4.78, 5) is 5.06. The van der Waals surface area contributed by atoms with E-state index < -0.39 is 6.10 Å². The minimum atomic E-state index is -0.684. The lowest BCUT2D eigenvalue weighted by molar-refractivity contribution is 0.224. The second kappa shape index (κ2) is 4.93. The van der Waals surface area contributed by atoms with Gasteiger partial charge in [0.25, 0.3) is 0 Å². The molecule has 0 amide bonds. The molecule has 0 fully saturated rings. The maximum absolute atomic E-state index is 10.5. The summed E-state index contributed by atoms with van der Waals surface area (Å²) in [5.41, 5.74) is 2.76. The topological polar surface area (TPSA) is 33.1 Å². The van der Waals surface area contributed by atoms with E-state index in [-0.39, 0.29) is 0 Å². The van der Waals surface area contributed by atoms with Crippen molar-refractivity contribution in [1.82, 2.24) is 4.98 Å². The molecule has 0 bridgehead atoms. The van der Waals surface area contributed by atoms with Gasteiger partial charge in [0.1, 0.15) is 6.10 Å². The van der Waals surface area contributed by atoms with Crippen molar-refractivity contribution in [1.29, 1.82) is 0 Å². The van der Waals surface area contributed by atoms with Gasteiger partial charge in [-0.3, -0.25) is 4.98 Å². The zero-order chi connectivity index (χ0) is 13.4. The van der Waals surface area contributed by atoms with Gasteiger partial charge in [-0.2, -0.15) is 0 Å². The van der Waals surface area contributed by atoms with Crippen LogP contribution < -0.4 is 0 Å². The van der Waals surface area contributed by atoms with Crippen molar-refractivity contribution in [3.8, 4) is 0 Å². The first kappa shape index (κ1) is 12.6. The van der Waals surface area contributed by atoms with Gasteiger partial charge in [-0.15, -0.1) is 11.3 Å². The molecule has 0 aliphatic rings. The molecule has 0 spiro atoms. The van der Waals surface area contributed by atoms with Crippen LogP contribution in [-0.4, -0.2) is 10.1 Å². The molecular weight excluding hydrogens is 278 g/mol. The van der Waals surface area contributed by atoms with Crippen LogP contribution in [0.15, 0.2) is 41.9 Å². The van der Waals surface area contributed by atoms with Crippen molar-refractivity contribution < 1.29 is 5.11 Å². The second-order valence-corrected chi connectivity index (χ2v) is 5.74. The Balaban J connectivity index is 2.06. The van der Waals surface area contributed by atoms with Crippen LogP contribution >= 0.6 is 22.9 Å². The fourth-order valence-electron chi connectivity index (χ4n) is 2.05. The number of halogens is 1. The van der Waals surface area contributed by atoms with Crippen molar-refractivity contribution >= 4 is 33.8 Å². The highest BCUT2D eigenvalue weighted by Gasteiger charge is 2.17. The molecule has 1 aromatic carbocycles. The zero-order valence-corrected chi connectivity index (χ0v) is 11.9. The lowest BCUT2D eigenvalue weighted by Crippen LogP contribution is -1.98. The first-order valence-electron chi connectivity index (χ1n) is 5.93. The van der Waals surface area contributed by atoms with Crippen LogP contribution in [-0.2, 0) is 0 Å². The first-order valence-corrected chi connectivity index (χ1v) is 7.19. The monoisotopic (exact) mass is 289 g/mol. The zero-order valence-electron chi connectivity index (χ0n) is 10.3. The summed E-state index contributed by atoms with van der Waals surface area (Å²) in [6, 6.07) is 9.65. The Bertz CT molecular complexity index is 738. The molecule has 2 aromatic heterocycles. The number of hydrogen-bond donors (Lipinski definition) is 1. The van der Waals surface area contributed by atoms with Gasteiger partial charge in [-0.1, -0.05) is 23.7 Å². The minimum Gasteiger partial charge on any atom is -0.383 e. The predicted molar refractivity (Wildman–Crippen MR) is 79.9 cm³/mol. The summed E-state index contributed by atoms with van der Waals surface area (Å²) >= 11 is 7.70. The third kappa shape index (κ3) is 2.25. The van der Waals surface area contributed by atoms with Crippen molar-refractivity contribution in [2.75, 3.05) is 0 Å². The number of aromatic nitrogens is 1. The Kier molecular flexibility index (Phi) is 3.27. The van der Waals surface area contributed by atoms with Crippen LogP contribution in [0.25, 0.3) is 10.9 Å². The molecule has 0 saturated heterocycles. The number of fused-ring (bicyclic) bond motifs is 1.